The van der Waals surface area contributed by atoms with Crippen molar-refractivity contribution in [3.05, 3.63) is 0 Å². The largest absolute Gasteiger partial charge is 0.481 e. The first-order chi connectivity index (χ1) is 7.65. The lowest BCUT2D eigenvalue weighted by atomic mass is 10.0. The summed E-state index contributed by atoms with van der Waals surface area (Å²) >= 11 is 0. The van der Waals surface area contributed by atoms with E-state index in [0.717, 1.165) is 32.1 Å². The molecule has 0 saturated heterocycles. The van der Waals surface area contributed by atoms with E-state index >= 15 is 0 Å². The van der Waals surface area contributed by atoms with Crippen molar-refractivity contribution in [3.8, 4) is 0 Å². The fraction of sp³-hybridized carbons (Fsp3) is 0.833. The van der Waals surface area contributed by atoms with Crippen molar-refractivity contribution in [2.45, 2.75) is 57.9 Å². The Labute approximate surface area is 96.4 Å². The summed E-state index contributed by atoms with van der Waals surface area (Å²) in [6.07, 6.45) is 5.96. The molecule has 4 nitrogen and oxygen atoms in total. The van der Waals surface area contributed by atoms with Crippen molar-refractivity contribution >= 4 is 11.9 Å². The van der Waals surface area contributed by atoms with Crippen molar-refractivity contribution in [2.24, 2.45) is 5.92 Å². The summed E-state index contributed by atoms with van der Waals surface area (Å²) in [6.45, 7) is 2.09. The molecule has 0 aromatic rings. The topological polar surface area (TPSA) is 66.4 Å². The predicted octanol–water partition coefficient (Wildman–Crippen LogP) is 1.94. The molecular weight excluding hydrogens is 206 g/mol. The Balaban J connectivity index is 2.30. The molecule has 0 radical (unpaired) electrons. The molecule has 0 aliphatic heterocycles. The number of carboxylic acids is 1. The number of carbonyl (C=O) groups excluding carboxylic acids is 1. The van der Waals surface area contributed by atoms with E-state index in [2.05, 4.69) is 12.2 Å². The van der Waals surface area contributed by atoms with Crippen LogP contribution in [0.1, 0.15) is 51.9 Å². The number of carbonyl (C=O) groups is 2. The Morgan fingerprint density at radius 1 is 1.31 bits per heavy atom. The Kier molecular flexibility index (Phi) is 5.29. The van der Waals surface area contributed by atoms with E-state index in [9.17, 15) is 9.59 Å². The summed E-state index contributed by atoms with van der Waals surface area (Å²) < 4.78 is 0. The van der Waals surface area contributed by atoms with Crippen LogP contribution in [-0.2, 0) is 9.59 Å². The van der Waals surface area contributed by atoms with Crippen LogP contribution >= 0.6 is 0 Å². The lowest BCUT2D eigenvalue weighted by Gasteiger charge is -2.17. The van der Waals surface area contributed by atoms with Crippen LogP contribution in [0, 0.1) is 5.92 Å². The fourth-order valence-electron chi connectivity index (χ4n) is 2.24. The van der Waals surface area contributed by atoms with Gasteiger partial charge in [-0.3, -0.25) is 9.59 Å². The molecule has 0 spiro atoms. The number of carboxylic acid groups (broad SMARTS) is 1. The standard InChI is InChI=1S/C12H21NO3/c1-2-3-4-8-11(14)13-10-7-5-6-9(10)12(15)16/h9-10H,2-8H2,1H3,(H,13,14)(H,15,16)/t9-,10+/m0/s1. The van der Waals surface area contributed by atoms with E-state index in [1.54, 1.807) is 0 Å². The maximum Gasteiger partial charge on any atom is 0.308 e. The van der Waals surface area contributed by atoms with Crippen LogP contribution in [0.15, 0.2) is 0 Å². The van der Waals surface area contributed by atoms with E-state index < -0.39 is 5.97 Å². The normalized spacial score (nSPS) is 24.3. The number of rotatable bonds is 6. The summed E-state index contributed by atoms with van der Waals surface area (Å²) in [6, 6.07) is -0.147. The minimum absolute atomic E-state index is 0.00611. The Morgan fingerprint density at radius 3 is 2.69 bits per heavy atom. The molecule has 0 bridgehead atoms. The SMILES string of the molecule is CCCCCC(=O)N[C@@H]1CCC[C@@H]1C(=O)O. The molecule has 2 atom stereocenters. The molecule has 0 heterocycles. The van der Waals surface area contributed by atoms with Gasteiger partial charge < -0.3 is 10.4 Å². The van der Waals surface area contributed by atoms with Gasteiger partial charge in [-0.1, -0.05) is 26.2 Å². The van der Waals surface area contributed by atoms with Crippen LogP contribution in [0.4, 0.5) is 0 Å². The first-order valence-electron chi connectivity index (χ1n) is 6.17. The van der Waals surface area contributed by atoms with Crippen LogP contribution in [0.25, 0.3) is 0 Å². The second-order valence-corrected chi connectivity index (χ2v) is 4.51. The Hall–Kier alpha value is -1.06. The fourth-order valence-corrected chi connectivity index (χ4v) is 2.24. The van der Waals surface area contributed by atoms with Gasteiger partial charge in [0.15, 0.2) is 0 Å². The third-order valence-electron chi connectivity index (χ3n) is 3.19. The van der Waals surface area contributed by atoms with E-state index in [-0.39, 0.29) is 17.9 Å². The summed E-state index contributed by atoms with van der Waals surface area (Å²) in [5.74, 6) is -1.15. The lowest BCUT2D eigenvalue weighted by Crippen LogP contribution is -2.40. The maximum atomic E-state index is 11.5. The highest BCUT2D eigenvalue weighted by Gasteiger charge is 2.33. The molecule has 1 fully saturated rings. The third kappa shape index (κ3) is 3.83. The van der Waals surface area contributed by atoms with Crippen LogP contribution in [0.2, 0.25) is 0 Å². The number of hydrogen-bond donors (Lipinski definition) is 2. The Morgan fingerprint density at radius 2 is 2.06 bits per heavy atom. The smallest absolute Gasteiger partial charge is 0.308 e. The average molecular weight is 227 g/mol. The van der Waals surface area contributed by atoms with Gasteiger partial charge in [0, 0.05) is 12.5 Å². The zero-order chi connectivity index (χ0) is 12.0. The van der Waals surface area contributed by atoms with Gasteiger partial charge in [0.25, 0.3) is 0 Å². The summed E-state index contributed by atoms with van der Waals surface area (Å²) in [7, 11) is 0. The highest BCUT2D eigenvalue weighted by molar-refractivity contribution is 5.78. The molecule has 2 N–H and O–H groups in total. The molecule has 0 aromatic heterocycles. The monoisotopic (exact) mass is 227 g/mol. The number of unbranched alkanes of at least 4 members (excludes halogenated alkanes) is 2. The zero-order valence-corrected chi connectivity index (χ0v) is 9.87. The number of nitrogens with one attached hydrogen (secondary N) is 1. The summed E-state index contributed by atoms with van der Waals surface area (Å²) in [5.41, 5.74) is 0. The van der Waals surface area contributed by atoms with E-state index in [1.165, 1.54) is 0 Å². The van der Waals surface area contributed by atoms with Crippen molar-refractivity contribution in [1.29, 1.82) is 0 Å². The van der Waals surface area contributed by atoms with Crippen molar-refractivity contribution in [3.63, 3.8) is 0 Å². The molecular formula is C12H21NO3. The third-order valence-corrected chi connectivity index (χ3v) is 3.19. The van der Waals surface area contributed by atoms with Crippen molar-refractivity contribution in [1.82, 2.24) is 5.32 Å². The molecule has 16 heavy (non-hydrogen) atoms. The summed E-state index contributed by atoms with van der Waals surface area (Å²) in [5, 5.41) is 11.8. The predicted molar refractivity (Wildman–Crippen MR) is 61.0 cm³/mol. The van der Waals surface area contributed by atoms with Gasteiger partial charge in [0.05, 0.1) is 5.92 Å². The van der Waals surface area contributed by atoms with Crippen molar-refractivity contribution in [2.75, 3.05) is 0 Å². The van der Waals surface area contributed by atoms with Gasteiger partial charge in [-0.25, -0.2) is 0 Å². The van der Waals surface area contributed by atoms with Gasteiger partial charge >= 0.3 is 5.97 Å². The number of hydrogen-bond acceptors (Lipinski definition) is 2. The van der Waals surface area contributed by atoms with Crippen molar-refractivity contribution < 1.29 is 14.7 Å². The maximum absolute atomic E-state index is 11.5. The molecule has 4 heteroatoms. The minimum atomic E-state index is -0.781. The second-order valence-electron chi connectivity index (χ2n) is 4.51. The van der Waals surface area contributed by atoms with E-state index in [4.69, 9.17) is 5.11 Å². The quantitative estimate of drug-likeness (QED) is 0.681. The van der Waals surface area contributed by atoms with Gasteiger partial charge in [0.1, 0.15) is 0 Å². The van der Waals surface area contributed by atoms with Gasteiger partial charge in [-0.2, -0.15) is 0 Å². The zero-order valence-electron chi connectivity index (χ0n) is 9.87. The summed E-state index contributed by atoms with van der Waals surface area (Å²) in [4.78, 5) is 22.4. The first-order valence-corrected chi connectivity index (χ1v) is 6.17. The first kappa shape index (κ1) is 13.0. The lowest BCUT2D eigenvalue weighted by molar-refractivity contribution is -0.142. The van der Waals surface area contributed by atoms with E-state index in [1.807, 2.05) is 0 Å². The molecule has 1 aliphatic rings. The molecule has 0 unspecified atom stereocenters. The van der Waals surface area contributed by atoms with Gasteiger partial charge in [0.2, 0.25) is 5.91 Å². The average Bonchev–Trinajstić information content (AvgIpc) is 2.66. The van der Waals surface area contributed by atoms with Crippen LogP contribution in [0.5, 0.6) is 0 Å². The van der Waals surface area contributed by atoms with Crippen LogP contribution in [0.3, 0.4) is 0 Å². The van der Waals surface area contributed by atoms with Gasteiger partial charge in [-0.15, -0.1) is 0 Å². The molecule has 1 saturated carbocycles. The highest BCUT2D eigenvalue weighted by Crippen LogP contribution is 2.25. The molecule has 1 rings (SSSR count). The van der Waals surface area contributed by atoms with Crippen LogP contribution in [-0.4, -0.2) is 23.0 Å². The number of aliphatic carboxylic acids is 1. The molecule has 1 aliphatic carbocycles. The molecule has 92 valence electrons. The highest BCUT2D eigenvalue weighted by atomic mass is 16.4. The Bertz CT molecular complexity index is 253. The second kappa shape index (κ2) is 6.51. The number of amides is 1. The molecule has 1 amide bonds. The van der Waals surface area contributed by atoms with Gasteiger partial charge in [-0.05, 0) is 19.3 Å². The minimum Gasteiger partial charge on any atom is -0.481 e. The van der Waals surface area contributed by atoms with E-state index in [0.29, 0.717) is 12.8 Å². The van der Waals surface area contributed by atoms with Crippen LogP contribution < -0.4 is 5.32 Å². The molecule has 0 aromatic carbocycles.